The van der Waals surface area contributed by atoms with Crippen molar-refractivity contribution in [1.29, 1.82) is 5.26 Å². The molecule has 0 amide bonds. The summed E-state index contributed by atoms with van der Waals surface area (Å²) in [4.78, 5) is 0. The molecule has 0 bridgehead atoms. The van der Waals surface area contributed by atoms with E-state index in [0.29, 0.717) is 10.2 Å². The van der Waals surface area contributed by atoms with Crippen molar-refractivity contribution in [2.75, 3.05) is 5.33 Å². The number of alkyl halides is 1. The standard InChI is InChI=1S/C10H15BrNSe.BrH/c11-8-10(5-9(6-10)7-12)13-3-1-2-4-13;/h9H,1-6,8H2;1H/q+1;/p-1. The first-order chi connectivity index (χ1) is 6.30. The van der Waals surface area contributed by atoms with Gasteiger partial charge in [-0.3, -0.25) is 0 Å². The summed E-state index contributed by atoms with van der Waals surface area (Å²) in [5.41, 5.74) is 0. The summed E-state index contributed by atoms with van der Waals surface area (Å²) in [5.74, 6) is 0.391. The fourth-order valence-electron chi connectivity index (χ4n) is 2.44. The average molecular weight is 388 g/mol. The molecule has 0 unspecified atom stereocenters. The zero-order valence-corrected chi connectivity index (χ0v) is 13.0. The minimum absolute atomic E-state index is 0. The maximum absolute atomic E-state index is 8.81. The number of hydrogen-bond acceptors (Lipinski definition) is 1. The van der Waals surface area contributed by atoms with Crippen molar-refractivity contribution in [3.63, 3.8) is 0 Å². The zero-order valence-electron chi connectivity index (χ0n) is 8.14. The summed E-state index contributed by atoms with van der Waals surface area (Å²) in [7, 11) is 0. The Balaban J connectivity index is 0.000000980. The van der Waals surface area contributed by atoms with Crippen LogP contribution in [0.2, 0.25) is 15.0 Å². The van der Waals surface area contributed by atoms with Crippen molar-refractivity contribution in [2.24, 2.45) is 5.92 Å². The van der Waals surface area contributed by atoms with Crippen molar-refractivity contribution in [3.05, 3.63) is 0 Å². The molecule has 0 atom stereocenters. The monoisotopic (exact) mass is 387 g/mol. The van der Waals surface area contributed by atoms with Crippen LogP contribution < -0.4 is 17.0 Å². The van der Waals surface area contributed by atoms with Gasteiger partial charge in [0.2, 0.25) is 0 Å². The molecule has 2 rings (SSSR count). The Bertz CT molecular complexity index is 227. The van der Waals surface area contributed by atoms with Crippen LogP contribution in [0.4, 0.5) is 0 Å². The Morgan fingerprint density at radius 2 is 1.93 bits per heavy atom. The second-order valence-electron chi connectivity index (χ2n) is 4.16. The first kappa shape index (κ1) is 13.0. The molecule has 2 fully saturated rings. The van der Waals surface area contributed by atoms with Gasteiger partial charge in [-0.2, -0.15) is 0 Å². The summed E-state index contributed by atoms with van der Waals surface area (Å²) in [5, 5.41) is 13.0. The van der Waals surface area contributed by atoms with Gasteiger partial charge in [-0.1, -0.05) is 0 Å². The Kier molecular flexibility index (Phi) is 4.98. The average Bonchev–Trinajstić information content (AvgIpc) is 2.57. The Morgan fingerprint density at radius 1 is 1.36 bits per heavy atom. The van der Waals surface area contributed by atoms with Crippen molar-refractivity contribution >= 4 is 29.8 Å². The van der Waals surface area contributed by atoms with Gasteiger partial charge < -0.3 is 17.0 Å². The molecule has 0 N–H and O–H groups in total. The maximum atomic E-state index is 8.81. The van der Waals surface area contributed by atoms with Crippen LogP contribution >= 0.6 is 15.9 Å². The Morgan fingerprint density at radius 3 is 2.36 bits per heavy atom. The van der Waals surface area contributed by atoms with Gasteiger partial charge in [-0.15, -0.1) is 0 Å². The maximum Gasteiger partial charge on any atom is -1.00 e. The van der Waals surface area contributed by atoms with Gasteiger partial charge in [-0.25, -0.2) is 0 Å². The molecule has 0 spiro atoms. The molecule has 4 heteroatoms. The van der Waals surface area contributed by atoms with Crippen LogP contribution in [0.5, 0.6) is 0 Å². The minimum Gasteiger partial charge on any atom is -1.00 e. The predicted octanol–water partition coefficient (Wildman–Crippen LogP) is 0.348. The summed E-state index contributed by atoms with van der Waals surface area (Å²) >= 11 is 3.34. The predicted molar refractivity (Wildman–Crippen MR) is 59.4 cm³/mol. The van der Waals surface area contributed by atoms with E-state index in [4.69, 9.17) is 5.26 Å². The van der Waals surface area contributed by atoms with Crippen molar-refractivity contribution in [3.8, 4) is 6.07 Å². The molecule has 0 aromatic carbocycles. The molecule has 0 radical (unpaired) electrons. The van der Waals surface area contributed by atoms with Crippen LogP contribution in [-0.4, -0.2) is 19.2 Å². The van der Waals surface area contributed by atoms with E-state index < -0.39 is 0 Å². The molecule has 0 aromatic heterocycles. The van der Waals surface area contributed by atoms with Crippen LogP contribution in [0.15, 0.2) is 0 Å². The molecule has 1 heterocycles. The number of rotatable bonds is 2. The molecular formula is C10H15Br2NSe. The molecule has 1 saturated carbocycles. The fourth-order valence-corrected chi connectivity index (χ4v) is 11.3. The van der Waals surface area contributed by atoms with E-state index in [2.05, 4.69) is 22.0 Å². The number of hydrogen-bond donors (Lipinski definition) is 0. The zero-order chi connectivity index (χ0) is 9.31. The van der Waals surface area contributed by atoms with E-state index in [0.717, 1.165) is 0 Å². The molecule has 14 heavy (non-hydrogen) atoms. The van der Waals surface area contributed by atoms with E-state index in [1.54, 1.807) is 0 Å². The van der Waals surface area contributed by atoms with E-state index in [1.807, 2.05) is 0 Å². The molecule has 1 aliphatic carbocycles. The molecule has 0 aromatic rings. The molecular weight excluding hydrogens is 373 g/mol. The van der Waals surface area contributed by atoms with Crippen LogP contribution in [0.1, 0.15) is 25.7 Å². The van der Waals surface area contributed by atoms with Crippen molar-refractivity contribution in [1.82, 2.24) is 0 Å². The van der Waals surface area contributed by atoms with Gasteiger partial charge >= 0.3 is 93.0 Å². The summed E-state index contributed by atoms with van der Waals surface area (Å²) in [6.07, 6.45) is 5.35. The fraction of sp³-hybridized carbons (Fsp3) is 0.900. The second kappa shape index (κ2) is 5.34. The van der Waals surface area contributed by atoms with Crippen LogP contribution in [0, 0.1) is 17.2 Å². The van der Waals surface area contributed by atoms with Crippen LogP contribution in [0.3, 0.4) is 0 Å². The molecule has 2 aliphatic rings. The van der Waals surface area contributed by atoms with Gasteiger partial charge in [0.1, 0.15) is 0 Å². The minimum atomic E-state index is -0.336. The van der Waals surface area contributed by atoms with Gasteiger partial charge in [0, 0.05) is 0 Å². The number of nitrogens with zero attached hydrogens (tertiary/aromatic N) is 1. The summed E-state index contributed by atoms with van der Waals surface area (Å²) < 4.78 is 0.636. The summed E-state index contributed by atoms with van der Waals surface area (Å²) in [6.45, 7) is 0. The van der Waals surface area contributed by atoms with Gasteiger partial charge in [0.25, 0.3) is 0 Å². The quantitative estimate of drug-likeness (QED) is 0.495. The molecule has 1 aliphatic heterocycles. The van der Waals surface area contributed by atoms with Crippen LogP contribution in [-0.2, 0) is 0 Å². The SMILES string of the molecule is N#CC1CC(CBr)([Se+]2CCCC2)C1.[Br-]. The summed E-state index contributed by atoms with van der Waals surface area (Å²) in [6, 6.07) is 2.41. The third kappa shape index (κ3) is 2.21. The van der Waals surface area contributed by atoms with E-state index in [1.165, 1.54) is 41.7 Å². The van der Waals surface area contributed by atoms with E-state index >= 15 is 0 Å². The molecule has 80 valence electrons. The van der Waals surface area contributed by atoms with Gasteiger partial charge in [0.15, 0.2) is 0 Å². The van der Waals surface area contributed by atoms with Crippen LogP contribution in [0.25, 0.3) is 0 Å². The topological polar surface area (TPSA) is 23.8 Å². The number of nitriles is 1. The van der Waals surface area contributed by atoms with E-state index in [9.17, 15) is 0 Å². The second-order valence-corrected chi connectivity index (χ2v) is 10.3. The number of halogens is 2. The van der Waals surface area contributed by atoms with Gasteiger partial charge in [-0.05, 0) is 0 Å². The van der Waals surface area contributed by atoms with Crippen molar-refractivity contribution < 1.29 is 17.0 Å². The largest absolute Gasteiger partial charge is 1.00 e. The molecule has 1 nitrogen and oxygen atoms in total. The first-order valence-electron chi connectivity index (χ1n) is 4.94. The Labute approximate surface area is 109 Å². The van der Waals surface area contributed by atoms with Gasteiger partial charge in [0.05, 0.1) is 0 Å². The smallest absolute Gasteiger partial charge is 1.00 e. The molecule has 1 saturated heterocycles. The van der Waals surface area contributed by atoms with E-state index in [-0.39, 0.29) is 30.9 Å². The normalized spacial score (nSPS) is 37.0. The van der Waals surface area contributed by atoms with Crippen molar-refractivity contribution in [2.45, 2.75) is 40.6 Å². The third-order valence-corrected chi connectivity index (χ3v) is 12.1. The third-order valence-electron chi connectivity index (χ3n) is 3.31. The first-order valence-corrected chi connectivity index (χ1v) is 9.34. The Hall–Kier alpha value is 0.969.